The van der Waals surface area contributed by atoms with Gasteiger partial charge in [-0.2, -0.15) is 0 Å². The zero-order chi connectivity index (χ0) is 25.3. The molecule has 1 saturated carbocycles. The van der Waals surface area contributed by atoms with Crippen LogP contribution in [0.4, 0.5) is 0 Å². The summed E-state index contributed by atoms with van der Waals surface area (Å²) in [7, 11) is 9.87. The van der Waals surface area contributed by atoms with Gasteiger partial charge in [-0.25, -0.2) is 0 Å². The minimum atomic E-state index is -0.826. The van der Waals surface area contributed by atoms with Crippen LogP contribution in [0.1, 0.15) is 114 Å². The molecular weight excluding hydrogens is 552 g/mol. The van der Waals surface area contributed by atoms with E-state index in [1.54, 1.807) is 0 Å². The molecule has 0 unspecified atom stereocenters. The maximum absolute atomic E-state index is 11.4. The number of halogens is 2. The van der Waals surface area contributed by atoms with Crippen LogP contribution in [0.5, 0.6) is 5.75 Å². The van der Waals surface area contributed by atoms with Gasteiger partial charge in [0.1, 0.15) is 5.75 Å². The molecule has 0 heterocycles. The van der Waals surface area contributed by atoms with Crippen LogP contribution in [-0.4, -0.2) is 17.4 Å². The Hall–Kier alpha value is -0.627. The molecule has 0 spiro atoms. The molecule has 0 radical (unpaired) electrons. The Morgan fingerprint density at radius 3 is 1.89 bits per heavy atom. The molecule has 1 aliphatic carbocycles. The number of aliphatic imine (C=N–C) groups is 1. The Kier molecular flexibility index (Phi) is 16.3. The first kappa shape index (κ1) is 30.6. The van der Waals surface area contributed by atoms with E-state index in [9.17, 15) is 5.11 Å². The van der Waals surface area contributed by atoms with E-state index < -0.39 is 20.8 Å². The summed E-state index contributed by atoms with van der Waals surface area (Å²) in [6.45, 7) is 4.37. The van der Waals surface area contributed by atoms with E-state index in [0.717, 1.165) is 24.0 Å². The molecule has 192 valence electrons. The van der Waals surface area contributed by atoms with Gasteiger partial charge in [-0.1, -0.05) is 102 Å². The summed E-state index contributed by atoms with van der Waals surface area (Å²) < 4.78 is 0. The summed E-state index contributed by atoms with van der Waals surface area (Å²) in [6.07, 6.45) is 18.4. The number of hydrogen-bond donors (Lipinski definition) is 1. The van der Waals surface area contributed by atoms with E-state index >= 15 is 0 Å². The quantitative estimate of drug-likeness (QED) is 0.331. The summed E-state index contributed by atoms with van der Waals surface area (Å²) >= 11 is -0.826. The molecule has 3 rings (SSSR count). The second-order valence-electron chi connectivity index (χ2n) is 9.65. The van der Waals surface area contributed by atoms with E-state index in [0.29, 0.717) is 17.7 Å². The third-order valence-electron chi connectivity index (χ3n) is 7.19. The van der Waals surface area contributed by atoms with E-state index in [-0.39, 0.29) is 0 Å². The van der Waals surface area contributed by atoms with E-state index in [1.165, 1.54) is 81.8 Å². The molecule has 5 heteroatoms. The first-order valence-electron chi connectivity index (χ1n) is 13.6. The molecule has 2 aromatic rings. The number of rotatable bonds is 6. The van der Waals surface area contributed by atoms with Crippen molar-refractivity contribution in [3.05, 3.63) is 53.6 Å². The Morgan fingerprint density at radius 1 is 0.857 bits per heavy atom. The summed E-state index contributed by atoms with van der Waals surface area (Å²) in [6, 6.07) is 15.3. The molecular formula is C30H43Cl2NOZr. The van der Waals surface area contributed by atoms with Gasteiger partial charge in [0.05, 0.1) is 0 Å². The first-order chi connectivity index (χ1) is 17.1. The van der Waals surface area contributed by atoms with Gasteiger partial charge in [0, 0.05) is 17.8 Å². The van der Waals surface area contributed by atoms with Crippen molar-refractivity contribution < 1.29 is 26.0 Å². The fourth-order valence-corrected chi connectivity index (χ4v) is 5.05. The summed E-state index contributed by atoms with van der Waals surface area (Å²) in [4.78, 5) is 4.81. The summed E-state index contributed by atoms with van der Waals surface area (Å²) in [5.74, 6) is 0.884. The molecule has 35 heavy (non-hydrogen) atoms. The second kappa shape index (κ2) is 18.6. The molecule has 0 bridgehead atoms. The van der Waals surface area contributed by atoms with Gasteiger partial charge in [0.15, 0.2) is 0 Å². The van der Waals surface area contributed by atoms with Crippen molar-refractivity contribution in [2.45, 2.75) is 109 Å². The van der Waals surface area contributed by atoms with Crippen LogP contribution in [0.2, 0.25) is 0 Å². The number of phenolic OH excluding ortho intramolecular Hbond substituents is 1. The number of nitrogens with zero attached hydrogens (tertiary/aromatic N) is 1. The SMILES string of the molecule is CCC(CC)N=Cc1cc(-c2ccccc2)cc(C2CCCCCCCCCCC2)c1O.[Cl][Zr][Cl]. The topological polar surface area (TPSA) is 32.6 Å². The van der Waals surface area contributed by atoms with Crippen molar-refractivity contribution in [3.63, 3.8) is 0 Å². The van der Waals surface area contributed by atoms with Crippen LogP contribution in [-0.2, 0) is 20.8 Å². The average Bonchev–Trinajstić information content (AvgIpc) is 2.87. The second-order valence-corrected chi connectivity index (χ2v) is 13.4. The molecule has 1 fully saturated rings. The van der Waals surface area contributed by atoms with Crippen molar-refractivity contribution in [1.82, 2.24) is 0 Å². The number of aromatic hydroxyl groups is 1. The third kappa shape index (κ3) is 11.1. The molecule has 0 atom stereocenters. The van der Waals surface area contributed by atoms with Gasteiger partial charge in [-0.15, -0.1) is 0 Å². The minimum absolute atomic E-state index is 0.319. The normalized spacial score (nSPS) is 16.3. The molecule has 0 saturated heterocycles. The molecule has 1 aliphatic rings. The van der Waals surface area contributed by atoms with Gasteiger partial charge in [0.2, 0.25) is 0 Å². The van der Waals surface area contributed by atoms with Crippen molar-refractivity contribution in [2.75, 3.05) is 0 Å². The van der Waals surface area contributed by atoms with Crippen LogP contribution in [0.25, 0.3) is 11.1 Å². The van der Waals surface area contributed by atoms with Crippen LogP contribution in [0, 0.1) is 0 Å². The van der Waals surface area contributed by atoms with Crippen molar-refractivity contribution in [1.29, 1.82) is 0 Å². The Labute approximate surface area is 232 Å². The zero-order valence-corrected chi connectivity index (χ0v) is 25.6. The van der Waals surface area contributed by atoms with Crippen LogP contribution < -0.4 is 0 Å². The van der Waals surface area contributed by atoms with Crippen molar-refractivity contribution >= 4 is 23.2 Å². The van der Waals surface area contributed by atoms with E-state index in [4.69, 9.17) is 22.0 Å². The molecule has 1 N–H and O–H groups in total. The summed E-state index contributed by atoms with van der Waals surface area (Å²) in [5.41, 5.74) is 4.41. The van der Waals surface area contributed by atoms with Gasteiger partial charge >= 0.3 is 37.9 Å². The zero-order valence-electron chi connectivity index (χ0n) is 21.6. The fourth-order valence-electron chi connectivity index (χ4n) is 5.05. The van der Waals surface area contributed by atoms with Crippen LogP contribution in [0.15, 0.2) is 47.5 Å². The van der Waals surface area contributed by atoms with Gasteiger partial charge in [-0.05, 0) is 60.4 Å². The Morgan fingerprint density at radius 2 is 1.37 bits per heavy atom. The van der Waals surface area contributed by atoms with E-state index in [1.807, 2.05) is 6.21 Å². The summed E-state index contributed by atoms with van der Waals surface area (Å²) in [5, 5.41) is 11.4. The van der Waals surface area contributed by atoms with Crippen LogP contribution >= 0.6 is 17.0 Å². The molecule has 2 nitrogen and oxygen atoms in total. The number of phenols is 1. The number of benzene rings is 2. The number of hydrogen-bond acceptors (Lipinski definition) is 2. The Bertz CT molecular complexity index is 843. The van der Waals surface area contributed by atoms with Gasteiger partial charge < -0.3 is 5.11 Å². The predicted molar refractivity (Wildman–Crippen MR) is 151 cm³/mol. The molecule has 0 aliphatic heterocycles. The standard InChI is InChI=1S/C30H43NO.2ClH.Zr/c1-3-28(4-2)31-23-27-21-26(24-17-15-12-16-18-24)22-29(30(27)32)25-19-13-10-8-6-5-7-9-11-14-20-25;;;/h12,15-18,21-23,25,28,32H,3-11,13-14,19-20H2,1-2H3;2*1H;/q;;;+2/p-2. The van der Waals surface area contributed by atoms with Gasteiger partial charge in [-0.3, -0.25) is 4.99 Å². The van der Waals surface area contributed by atoms with Crippen molar-refractivity contribution in [3.8, 4) is 16.9 Å². The fraction of sp³-hybridized carbons (Fsp3) is 0.567. The van der Waals surface area contributed by atoms with E-state index in [2.05, 4.69) is 56.3 Å². The van der Waals surface area contributed by atoms with Crippen LogP contribution in [0.3, 0.4) is 0 Å². The Balaban J connectivity index is 0.00000137. The average molecular weight is 596 g/mol. The molecule has 0 amide bonds. The first-order valence-corrected chi connectivity index (χ1v) is 19.9. The predicted octanol–water partition coefficient (Wildman–Crippen LogP) is 10.4. The molecule has 2 aromatic carbocycles. The molecule has 0 aromatic heterocycles. The van der Waals surface area contributed by atoms with Crippen molar-refractivity contribution in [2.24, 2.45) is 4.99 Å². The monoisotopic (exact) mass is 593 g/mol. The van der Waals surface area contributed by atoms with Gasteiger partial charge in [0.25, 0.3) is 0 Å². The third-order valence-corrected chi connectivity index (χ3v) is 7.19. The maximum atomic E-state index is 11.4.